The molecule has 0 spiro atoms. The molecule has 0 amide bonds. The summed E-state index contributed by atoms with van der Waals surface area (Å²) < 4.78 is 13.4. The van der Waals surface area contributed by atoms with Crippen LogP contribution < -0.4 is 9.47 Å². The van der Waals surface area contributed by atoms with Crippen molar-refractivity contribution in [3.05, 3.63) is 93.5 Å². The fraction of sp³-hybridized carbons (Fsp3) is 0.345. The van der Waals surface area contributed by atoms with Crippen LogP contribution in [0, 0.1) is 0 Å². The molecule has 2 unspecified atom stereocenters. The van der Waals surface area contributed by atoms with E-state index in [0.29, 0.717) is 0 Å². The van der Waals surface area contributed by atoms with Crippen molar-refractivity contribution in [1.29, 1.82) is 0 Å². The van der Waals surface area contributed by atoms with E-state index < -0.39 is 0 Å². The summed E-state index contributed by atoms with van der Waals surface area (Å²) in [4.78, 5) is 0. The number of halogens is 1. The highest BCUT2D eigenvalue weighted by molar-refractivity contribution is 9.10. The molecule has 3 aromatic carbocycles. The zero-order chi connectivity index (χ0) is 24.0. The largest absolute Gasteiger partial charge is 0.491 e. The van der Waals surface area contributed by atoms with Crippen LogP contribution in [0.1, 0.15) is 75.6 Å². The molecule has 0 saturated carbocycles. The molecule has 2 heterocycles. The Balaban J connectivity index is 1.51. The predicted octanol–water partition coefficient (Wildman–Crippen LogP) is 7.78. The molecule has 0 fully saturated rings. The second-order valence-electron chi connectivity index (χ2n) is 10.4. The van der Waals surface area contributed by atoms with Crippen molar-refractivity contribution in [2.24, 2.45) is 5.10 Å². The zero-order valence-corrected chi connectivity index (χ0v) is 22.0. The number of ether oxygens (including phenoxy) is 2. The Kier molecular flexibility index (Phi) is 5.93. The maximum atomic E-state index is 6.54. The van der Waals surface area contributed by atoms with Gasteiger partial charge in [-0.15, -0.1) is 0 Å². The summed E-state index contributed by atoms with van der Waals surface area (Å²) in [5.41, 5.74) is 5.87. The monoisotopic (exact) mass is 518 g/mol. The SMILES string of the molecule is CC(C)Oc1ccc(C2=NN3C(C2)c2cc(Br)ccc2OC3c2ccc(C(C)(C)C)cc2)cc1. The smallest absolute Gasteiger partial charge is 0.213 e. The normalized spacial score (nSPS) is 19.4. The van der Waals surface area contributed by atoms with E-state index >= 15 is 0 Å². The second-order valence-corrected chi connectivity index (χ2v) is 11.3. The quantitative estimate of drug-likeness (QED) is 0.353. The van der Waals surface area contributed by atoms with Gasteiger partial charge in [0.15, 0.2) is 0 Å². The summed E-state index contributed by atoms with van der Waals surface area (Å²) in [6, 6.07) is 23.4. The van der Waals surface area contributed by atoms with Crippen molar-refractivity contribution in [1.82, 2.24) is 5.01 Å². The third kappa shape index (κ3) is 4.46. The van der Waals surface area contributed by atoms with Crippen LogP contribution in [0.3, 0.4) is 0 Å². The van der Waals surface area contributed by atoms with Crippen molar-refractivity contribution < 1.29 is 9.47 Å². The second kappa shape index (κ2) is 8.77. The Hall–Kier alpha value is -2.79. The zero-order valence-electron chi connectivity index (χ0n) is 20.4. The molecule has 2 aliphatic rings. The Bertz CT molecular complexity index is 1210. The van der Waals surface area contributed by atoms with Gasteiger partial charge in [0.1, 0.15) is 11.5 Å². The fourth-order valence-corrected chi connectivity index (χ4v) is 4.98. The highest BCUT2D eigenvalue weighted by Gasteiger charge is 2.41. The topological polar surface area (TPSA) is 34.1 Å². The summed E-state index contributed by atoms with van der Waals surface area (Å²) in [6.45, 7) is 10.8. The molecular weight excluding hydrogens is 488 g/mol. The summed E-state index contributed by atoms with van der Waals surface area (Å²) in [5, 5.41) is 7.23. The van der Waals surface area contributed by atoms with Crippen LogP contribution in [0.5, 0.6) is 11.5 Å². The average Bonchev–Trinajstić information content (AvgIpc) is 3.24. The Morgan fingerprint density at radius 3 is 2.35 bits per heavy atom. The summed E-state index contributed by atoms with van der Waals surface area (Å²) in [7, 11) is 0. The fourth-order valence-electron chi connectivity index (χ4n) is 4.60. The molecule has 0 aromatic heterocycles. The van der Waals surface area contributed by atoms with Gasteiger partial charge in [0, 0.05) is 22.0 Å². The number of hydrogen-bond donors (Lipinski definition) is 0. The number of nitrogens with zero attached hydrogens (tertiary/aromatic N) is 2. The van der Waals surface area contributed by atoms with Crippen LogP contribution in [0.2, 0.25) is 0 Å². The number of benzene rings is 3. The maximum absolute atomic E-state index is 6.54. The van der Waals surface area contributed by atoms with E-state index in [1.54, 1.807) is 0 Å². The van der Waals surface area contributed by atoms with E-state index in [0.717, 1.165) is 44.8 Å². The molecule has 0 bridgehead atoms. The van der Waals surface area contributed by atoms with E-state index in [4.69, 9.17) is 14.6 Å². The minimum absolute atomic E-state index is 0.109. The van der Waals surface area contributed by atoms with Crippen LogP contribution in [0.4, 0.5) is 0 Å². The molecule has 34 heavy (non-hydrogen) atoms. The highest BCUT2D eigenvalue weighted by Crippen LogP contribution is 2.48. The molecule has 0 aliphatic carbocycles. The lowest BCUT2D eigenvalue weighted by molar-refractivity contribution is -0.0191. The Morgan fingerprint density at radius 1 is 1.00 bits per heavy atom. The molecule has 3 aromatic rings. The molecule has 0 N–H and O–H groups in total. The number of hydrogen-bond acceptors (Lipinski definition) is 4. The van der Waals surface area contributed by atoms with Gasteiger partial charge in [-0.2, -0.15) is 5.10 Å². The molecule has 5 rings (SSSR count). The molecule has 5 heteroatoms. The van der Waals surface area contributed by atoms with Gasteiger partial charge in [-0.25, -0.2) is 5.01 Å². The van der Waals surface area contributed by atoms with Gasteiger partial charge in [-0.3, -0.25) is 0 Å². The van der Waals surface area contributed by atoms with E-state index in [-0.39, 0.29) is 23.8 Å². The van der Waals surface area contributed by atoms with Gasteiger partial charge in [-0.05, 0) is 72.9 Å². The first-order valence-corrected chi connectivity index (χ1v) is 12.7. The van der Waals surface area contributed by atoms with Crippen LogP contribution in [-0.4, -0.2) is 16.8 Å². The molecule has 2 aliphatic heterocycles. The molecule has 4 nitrogen and oxygen atoms in total. The van der Waals surface area contributed by atoms with Gasteiger partial charge in [0.2, 0.25) is 6.23 Å². The molecular formula is C29H31BrN2O2. The molecule has 0 saturated heterocycles. The van der Waals surface area contributed by atoms with Gasteiger partial charge in [0.25, 0.3) is 0 Å². The van der Waals surface area contributed by atoms with Crippen molar-refractivity contribution in [2.45, 2.75) is 64.8 Å². The molecule has 0 radical (unpaired) electrons. The standard InChI is InChI=1S/C29H31BrN2O2/c1-18(2)33-23-13-8-19(9-14-23)25-17-26-24-16-22(30)12-15-27(24)34-28(32(26)31-25)20-6-10-21(11-7-20)29(3,4)5/h6-16,18,26,28H,17H2,1-5H3. The lowest BCUT2D eigenvalue weighted by Gasteiger charge is -2.38. The van der Waals surface area contributed by atoms with Crippen LogP contribution in [0.15, 0.2) is 76.3 Å². The predicted molar refractivity (Wildman–Crippen MR) is 141 cm³/mol. The summed E-state index contributed by atoms with van der Waals surface area (Å²) in [6.07, 6.45) is 0.711. The van der Waals surface area contributed by atoms with Crippen molar-refractivity contribution in [3.8, 4) is 11.5 Å². The molecule has 176 valence electrons. The highest BCUT2D eigenvalue weighted by atomic mass is 79.9. The van der Waals surface area contributed by atoms with E-state index in [1.807, 2.05) is 32.0 Å². The van der Waals surface area contributed by atoms with Crippen LogP contribution in [0.25, 0.3) is 0 Å². The van der Waals surface area contributed by atoms with Crippen LogP contribution >= 0.6 is 15.9 Å². The van der Waals surface area contributed by atoms with Gasteiger partial charge in [0.05, 0.1) is 17.9 Å². The van der Waals surface area contributed by atoms with Gasteiger partial charge in [-0.1, -0.05) is 61.0 Å². The van der Waals surface area contributed by atoms with E-state index in [9.17, 15) is 0 Å². The maximum Gasteiger partial charge on any atom is 0.213 e. The Morgan fingerprint density at radius 2 is 1.71 bits per heavy atom. The first kappa shape index (κ1) is 23.0. The summed E-state index contributed by atoms with van der Waals surface area (Å²) in [5.74, 6) is 1.80. The minimum atomic E-state index is -0.270. The lowest BCUT2D eigenvalue weighted by atomic mass is 9.86. The number of hydrazone groups is 1. The third-order valence-corrected chi connectivity index (χ3v) is 6.87. The minimum Gasteiger partial charge on any atom is -0.491 e. The number of fused-ring (bicyclic) bond motifs is 3. The first-order valence-electron chi connectivity index (χ1n) is 11.9. The summed E-state index contributed by atoms with van der Waals surface area (Å²) >= 11 is 3.64. The van der Waals surface area contributed by atoms with E-state index in [1.165, 1.54) is 5.56 Å². The Labute approximate surface area is 210 Å². The van der Waals surface area contributed by atoms with Crippen LogP contribution in [-0.2, 0) is 5.41 Å². The number of rotatable bonds is 4. The van der Waals surface area contributed by atoms with Crippen molar-refractivity contribution >= 4 is 21.6 Å². The lowest BCUT2D eigenvalue weighted by Crippen LogP contribution is -2.33. The molecule has 2 atom stereocenters. The van der Waals surface area contributed by atoms with E-state index in [2.05, 4.69) is 90.2 Å². The first-order chi connectivity index (χ1) is 16.2. The van der Waals surface area contributed by atoms with Gasteiger partial charge < -0.3 is 9.47 Å². The van der Waals surface area contributed by atoms with Crippen molar-refractivity contribution in [2.75, 3.05) is 0 Å². The third-order valence-electron chi connectivity index (χ3n) is 6.37. The van der Waals surface area contributed by atoms with Crippen molar-refractivity contribution in [3.63, 3.8) is 0 Å². The average molecular weight is 519 g/mol. The van der Waals surface area contributed by atoms with Gasteiger partial charge >= 0.3 is 0 Å².